The van der Waals surface area contributed by atoms with Crippen LogP contribution in [0.5, 0.6) is 0 Å². The number of fused-ring (bicyclic) bond motifs is 1. The summed E-state index contributed by atoms with van der Waals surface area (Å²) < 4.78 is 0. The van der Waals surface area contributed by atoms with Crippen LogP contribution < -0.4 is 0 Å². The minimum Gasteiger partial charge on any atom is -0.171 e. The van der Waals surface area contributed by atoms with Crippen molar-refractivity contribution in [2.75, 3.05) is 0 Å². The van der Waals surface area contributed by atoms with Gasteiger partial charge in [0.2, 0.25) is 0 Å². The molecule has 0 heterocycles. The van der Waals surface area contributed by atoms with Crippen LogP contribution in [-0.4, -0.2) is 5.25 Å². The largest absolute Gasteiger partial charge is 0.171 e. The zero-order valence-corrected chi connectivity index (χ0v) is 11.1. The van der Waals surface area contributed by atoms with Gasteiger partial charge in [0.15, 0.2) is 0 Å². The highest BCUT2D eigenvalue weighted by Gasteiger charge is 2.34. The van der Waals surface area contributed by atoms with E-state index in [1.807, 2.05) is 0 Å². The summed E-state index contributed by atoms with van der Waals surface area (Å²) in [6.07, 6.45) is 9.34. The Morgan fingerprint density at radius 2 is 1.76 bits per heavy atom. The lowest BCUT2D eigenvalue weighted by Crippen LogP contribution is -2.31. The van der Waals surface area contributed by atoms with E-state index >= 15 is 0 Å². The Morgan fingerprint density at radius 3 is 2.59 bits per heavy atom. The van der Waals surface area contributed by atoms with Crippen LogP contribution in [0.25, 0.3) is 5.57 Å². The lowest BCUT2D eigenvalue weighted by atomic mass is 9.70. The van der Waals surface area contributed by atoms with E-state index in [9.17, 15) is 0 Å². The van der Waals surface area contributed by atoms with Gasteiger partial charge >= 0.3 is 0 Å². The predicted octanol–water partition coefficient (Wildman–Crippen LogP) is 4.58. The van der Waals surface area contributed by atoms with E-state index < -0.39 is 0 Å². The van der Waals surface area contributed by atoms with Crippen LogP contribution >= 0.6 is 12.6 Å². The number of hydrogen-bond acceptors (Lipinski definition) is 1. The Morgan fingerprint density at radius 1 is 1.00 bits per heavy atom. The maximum Gasteiger partial charge on any atom is 0.0300 e. The average Bonchev–Trinajstić information content (AvgIpc) is 2.40. The second-order valence-electron chi connectivity index (χ2n) is 5.41. The van der Waals surface area contributed by atoms with E-state index in [1.165, 1.54) is 43.2 Å². The van der Waals surface area contributed by atoms with E-state index in [2.05, 4.69) is 36.4 Å². The molecular weight excluding hydrogens is 224 g/mol. The first-order chi connectivity index (χ1) is 8.36. The van der Waals surface area contributed by atoms with Crippen LogP contribution in [0.2, 0.25) is 0 Å². The third-order valence-corrected chi connectivity index (χ3v) is 5.10. The fraction of sp³-hybridized carbons (Fsp3) is 0.500. The second kappa shape index (κ2) is 4.89. The number of benzene rings is 1. The van der Waals surface area contributed by atoms with Crippen molar-refractivity contribution in [1.29, 1.82) is 0 Å². The molecule has 1 fully saturated rings. The summed E-state index contributed by atoms with van der Waals surface area (Å²) >= 11 is 4.92. The first-order valence-electron chi connectivity index (χ1n) is 6.80. The van der Waals surface area contributed by atoms with Crippen LogP contribution in [0.1, 0.15) is 37.7 Å². The molecule has 0 aromatic heterocycles. The maximum absolute atomic E-state index is 4.92. The third-order valence-electron chi connectivity index (χ3n) is 4.44. The van der Waals surface area contributed by atoms with Crippen molar-refractivity contribution in [2.45, 2.75) is 37.4 Å². The Kier molecular flexibility index (Phi) is 3.28. The molecule has 2 aliphatic carbocycles. The minimum atomic E-state index is 0.455. The van der Waals surface area contributed by atoms with Gasteiger partial charge in [0.05, 0.1) is 0 Å². The summed E-state index contributed by atoms with van der Waals surface area (Å²) in [6.45, 7) is 0. The topological polar surface area (TPSA) is 0 Å². The van der Waals surface area contributed by atoms with Gasteiger partial charge in [-0.25, -0.2) is 0 Å². The van der Waals surface area contributed by atoms with E-state index in [0.29, 0.717) is 5.25 Å². The van der Waals surface area contributed by atoms with Crippen molar-refractivity contribution >= 4 is 18.2 Å². The van der Waals surface area contributed by atoms with Gasteiger partial charge in [-0.05, 0) is 42.2 Å². The van der Waals surface area contributed by atoms with Crippen molar-refractivity contribution in [3.8, 4) is 0 Å². The zero-order valence-electron chi connectivity index (χ0n) is 10.2. The summed E-state index contributed by atoms with van der Waals surface area (Å²) in [6, 6.07) is 10.8. The standard InChI is InChI=1S/C16H20S/c17-16-14-9-5-4-8-13(14)10-11-15(16)12-6-2-1-3-7-12/h1-3,6-7,11,13-14,16-17H,4-5,8-10H2. The molecule has 17 heavy (non-hydrogen) atoms. The summed E-state index contributed by atoms with van der Waals surface area (Å²) in [4.78, 5) is 0. The van der Waals surface area contributed by atoms with Crippen molar-refractivity contribution in [3.05, 3.63) is 42.0 Å². The SMILES string of the molecule is SC1C(c2ccccc2)=CCC2CCCCC21. The first-order valence-corrected chi connectivity index (χ1v) is 7.31. The molecule has 1 saturated carbocycles. The van der Waals surface area contributed by atoms with Gasteiger partial charge in [-0.2, -0.15) is 12.6 Å². The van der Waals surface area contributed by atoms with Crippen LogP contribution in [0.3, 0.4) is 0 Å². The molecule has 0 aliphatic heterocycles. The van der Waals surface area contributed by atoms with Gasteiger partial charge < -0.3 is 0 Å². The average molecular weight is 244 g/mol. The summed E-state index contributed by atoms with van der Waals surface area (Å²) in [5.74, 6) is 1.71. The van der Waals surface area contributed by atoms with Gasteiger partial charge in [-0.15, -0.1) is 0 Å². The first kappa shape index (κ1) is 11.4. The molecule has 0 amide bonds. The quantitative estimate of drug-likeness (QED) is 0.687. The molecule has 1 aromatic carbocycles. The smallest absolute Gasteiger partial charge is 0.0300 e. The normalized spacial score (nSPS) is 32.8. The monoisotopic (exact) mass is 244 g/mol. The lowest BCUT2D eigenvalue weighted by Gasteiger charge is -2.39. The maximum atomic E-state index is 4.92. The zero-order chi connectivity index (χ0) is 11.7. The van der Waals surface area contributed by atoms with E-state index in [0.717, 1.165) is 11.8 Å². The van der Waals surface area contributed by atoms with Gasteiger partial charge in [-0.3, -0.25) is 0 Å². The highest BCUT2D eigenvalue weighted by atomic mass is 32.1. The molecule has 1 aromatic rings. The van der Waals surface area contributed by atoms with Crippen molar-refractivity contribution in [1.82, 2.24) is 0 Å². The van der Waals surface area contributed by atoms with Crippen LogP contribution in [0.15, 0.2) is 36.4 Å². The Hall–Kier alpha value is -0.690. The molecule has 1 heteroatoms. The molecule has 2 aliphatic rings. The molecule has 0 nitrogen and oxygen atoms in total. The second-order valence-corrected chi connectivity index (χ2v) is 5.97. The highest BCUT2D eigenvalue weighted by Crippen LogP contribution is 2.45. The Balaban J connectivity index is 1.89. The summed E-state index contributed by atoms with van der Waals surface area (Å²) in [5.41, 5.74) is 2.84. The van der Waals surface area contributed by atoms with Crippen molar-refractivity contribution in [2.24, 2.45) is 11.8 Å². The van der Waals surface area contributed by atoms with Gasteiger partial charge in [0.1, 0.15) is 0 Å². The van der Waals surface area contributed by atoms with Crippen molar-refractivity contribution in [3.63, 3.8) is 0 Å². The molecule has 90 valence electrons. The van der Waals surface area contributed by atoms with E-state index in [-0.39, 0.29) is 0 Å². The summed E-state index contributed by atoms with van der Waals surface area (Å²) in [7, 11) is 0. The number of thiol groups is 1. The Bertz CT molecular complexity index is 407. The van der Waals surface area contributed by atoms with Gasteiger partial charge in [-0.1, -0.05) is 49.2 Å². The molecule has 0 spiro atoms. The number of allylic oxidation sites excluding steroid dienone is 1. The predicted molar refractivity (Wildman–Crippen MR) is 77.3 cm³/mol. The van der Waals surface area contributed by atoms with Crippen molar-refractivity contribution < 1.29 is 0 Å². The molecule has 0 N–H and O–H groups in total. The minimum absolute atomic E-state index is 0.455. The van der Waals surface area contributed by atoms with Crippen LogP contribution in [0, 0.1) is 11.8 Å². The molecule has 0 bridgehead atoms. The molecule has 3 atom stereocenters. The van der Waals surface area contributed by atoms with Gasteiger partial charge in [0.25, 0.3) is 0 Å². The fourth-order valence-corrected chi connectivity index (χ4v) is 4.14. The third kappa shape index (κ3) is 2.18. The Labute approximate surface area is 110 Å². The van der Waals surface area contributed by atoms with E-state index in [4.69, 9.17) is 12.6 Å². The molecule has 3 unspecified atom stereocenters. The molecule has 3 rings (SSSR count). The van der Waals surface area contributed by atoms with E-state index in [1.54, 1.807) is 0 Å². The van der Waals surface area contributed by atoms with Crippen LogP contribution in [-0.2, 0) is 0 Å². The van der Waals surface area contributed by atoms with Gasteiger partial charge in [0, 0.05) is 5.25 Å². The summed E-state index contributed by atoms with van der Waals surface area (Å²) in [5, 5.41) is 0.455. The fourth-order valence-electron chi connectivity index (χ4n) is 3.49. The highest BCUT2D eigenvalue weighted by molar-refractivity contribution is 7.81. The van der Waals surface area contributed by atoms with Crippen LogP contribution in [0.4, 0.5) is 0 Å². The lowest BCUT2D eigenvalue weighted by molar-refractivity contribution is 0.241. The number of rotatable bonds is 1. The number of hydrogen-bond donors (Lipinski definition) is 1. The molecule has 0 radical (unpaired) electrons. The molecule has 0 saturated heterocycles. The molecular formula is C16H20S.